The molecule has 3 aromatic heterocycles. The number of methoxy groups -OCH3 is 1. The van der Waals surface area contributed by atoms with Crippen molar-refractivity contribution >= 4 is 10.9 Å². The van der Waals surface area contributed by atoms with Gasteiger partial charge < -0.3 is 18.7 Å². The van der Waals surface area contributed by atoms with Gasteiger partial charge in [-0.15, -0.1) is 0 Å². The first-order valence-corrected chi connectivity index (χ1v) is 11.8. The van der Waals surface area contributed by atoms with E-state index in [1.807, 2.05) is 36.5 Å². The van der Waals surface area contributed by atoms with Gasteiger partial charge in [0.25, 0.3) is 0 Å². The summed E-state index contributed by atoms with van der Waals surface area (Å²) in [6.07, 6.45) is 9.64. The Morgan fingerprint density at radius 1 is 1.12 bits per heavy atom. The van der Waals surface area contributed by atoms with E-state index in [9.17, 15) is 5.26 Å². The second-order valence-electron chi connectivity index (χ2n) is 8.72. The van der Waals surface area contributed by atoms with Crippen molar-refractivity contribution in [1.82, 2.24) is 24.6 Å². The quantitative estimate of drug-likeness (QED) is 0.357. The molecule has 0 amide bonds. The molecule has 0 saturated carbocycles. The van der Waals surface area contributed by atoms with Crippen LogP contribution in [0.3, 0.4) is 0 Å². The van der Waals surface area contributed by atoms with Crippen LogP contribution in [-0.4, -0.2) is 51.3 Å². The number of hydrogen-bond acceptors (Lipinski definition) is 7. The zero-order valence-electron chi connectivity index (χ0n) is 19.4. The molecule has 34 heavy (non-hydrogen) atoms. The van der Waals surface area contributed by atoms with Crippen molar-refractivity contribution in [2.45, 2.75) is 38.1 Å². The average Bonchev–Trinajstić information content (AvgIpc) is 3.53. The van der Waals surface area contributed by atoms with Crippen LogP contribution < -0.4 is 4.74 Å². The second-order valence-corrected chi connectivity index (χ2v) is 8.72. The number of unbranched alkanes of at least 4 members (excludes halogenated alkanes) is 1. The SMILES string of the molecule is COc1cccc2c(C#N)cn(CCCCN3CCC(c4nc(-c5ccncc5)no4)CC3)c12. The maximum Gasteiger partial charge on any atom is 0.230 e. The Hall–Kier alpha value is -3.70. The number of fused-ring (bicyclic) bond motifs is 1. The third-order valence-electron chi connectivity index (χ3n) is 6.64. The van der Waals surface area contributed by atoms with E-state index < -0.39 is 0 Å². The number of nitrogens with zero attached hydrogens (tertiary/aromatic N) is 6. The van der Waals surface area contributed by atoms with E-state index in [2.05, 4.69) is 30.7 Å². The predicted octanol–water partition coefficient (Wildman–Crippen LogP) is 4.63. The molecule has 4 aromatic rings. The molecule has 1 fully saturated rings. The molecule has 0 bridgehead atoms. The number of nitriles is 1. The first kappa shape index (κ1) is 22.1. The Kier molecular flexibility index (Phi) is 6.54. The molecule has 0 atom stereocenters. The number of benzene rings is 1. The highest BCUT2D eigenvalue weighted by Crippen LogP contribution is 2.31. The second kappa shape index (κ2) is 10.1. The molecule has 1 aromatic carbocycles. The van der Waals surface area contributed by atoms with Gasteiger partial charge in [0, 0.05) is 42.0 Å². The number of ether oxygens (including phenoxy) is 1. The lowest BCUT2D eigenvalue weighted by Gasteiger charge is -2.30. The molecule has 1 saturated heterocycles. The van der Waals surface area contributed by atoms with E-state index in [-0.39, 0.29) is 0 Å². The van der Waals surface area contributed by atoms with E-state index in [1.165, 1.54) is 0 Å². The normalized spacial score (nSPS) is 14.9. The van der Waals surface area contributed by atoms with E-state index >= 15 is 0 Å². The van der Waals surface area contributed by atoms with Crippen LogP contribution in [0.25, 0.3) is 22.3 Å². The van der Waals surface area contributed by atoms with E-state index in [0.717, 1.165) is 80.0 Å². The maximum absolute atomic E-state index is 9.49. The van der Waals surface area contributed by atoms with E-state index in [0.29, 0.717) is 17.3 Å². The van der Waals surface area contributed by atoms with Crippen LogP contribution in [0.15, 0.2) is 53.4 Å². The van der Waals surface area contributed by atoms with Crippen molar-refractivity contribution in [1.29, 1.82) is 5.26 Å². The zero-order valence-corrected chi connectivity index (χ0v) is 19.4. The van der Waals surface area contributed by atoms with Gasteiger partial charge in [-0.25, -0.2) is 0 Å². The molecule has 174 valence electrons. The molecule has 0 spiro atoms. The summed E-state index contributed by atoms with van der Waals surface area (Å²) in [6.45, 7) is 4.02. The minimum atomic E-state index is 0.322. The number of hydrogen-bond donors (Lipinski definition) is 0. The molecule has 1 aliphatic heterocycles. The summed E-state index contributed by atoms with van der Waals surface area (Å²) in [4.78, 5) is 11.2. The number of pyridine rings is 1. The largest absolute Gasteiger partial charge is 0.495 e. The van der Waals surface area contributed by atoms with Crippen molar-refractivity contribution < 1.29 is 9.26 Å². The van der Waals surface area contributed by atoms with Gasteiger partial charge in [-0.3, -0.25) is 4.98 Å². The summed E-state index contributed by atoms with van der Waals surface area (Å²) in [5.74, 6) is 2.51. The smallest absolute Gasteiger partial charge is 0.230 e. The van der Waals surface area contributed by atoms with Crippen LogP contribution in [0.1, 0.15) is 43.1 Å². The fourth-order valence-electron chi connectivity index (χ4n) is 4.80. The Balaban J connectivity index is 1.11. The topological polar surface area (TPSA) is 93.0 Å². The Morgan fingerprint density at radius 2 is 1.91 bits per heavy atom. The predicted molar refractivity (Wildman–Crippen MR) is 128 cm³/mol. The lowest BCUT2D eigenvalue weighted by Crippen LogP contribution is -2.33. The van der Waals surface area contributed by atoms with Gasteiger partial charge in [0.1, 0.15) is 11.8 Å². The van der Waals surface area contributed by atoms with Crippen LogP contribution in [0.2, 0.25) is 0 Å². The highest BCUT2D eigenvalue weighted by atomic mass is 16.5. The van der Waals surface area contributed by atoms with Crippen LogP contribution in [-0.2, 0) is 6.54 Å². The Bertz CT molecular complexity index is 1280. The molecule has 0 unspecified atom stereocenters. The van der Waals surface area contributed by atoms with Crippen molar-refractivity contribution in [2.75, 3.05) is 26.7 Å². The van der Waals surface area contributed by atoms with Gasteiger partial charge in [0.2, 0.25) is 11.7 Å². The maximum atomic E-state index is 9.49. The molecule has 8 nitrogen and oxygen atoms in total. The highest BCUT2D eigenvalue weighted by Gasteiger charge is 2.25. The number of aryl methyl sites for hydroxylation is 1. The van der Waals surface area contributed by atoms with Crippen molar-refractivity contribution in [3.63, 3.8) is 0 Å². The van der Waals surface area contributed by atoms with Crippen LogP contribution in [0.5, 0.6) is 5.75 Å². The summed E-state index contributed by atoms with van der Waals surface area (Å²) in [6, 6.07) is 12.0. The molecule has 8 heteroatoms. The fourth-order valence-corrected chi connectivity index (χ4v) is 4.80. The van der Waals surface area contributed by atoms with Gasteiger partial charge in [-0.05, 0) is 63.5 Å². The number of para-hydroxylation sites is 1. The average molecular weight is 457 g/mol. The monoisotopic (exact) mass is 456 g/mol. The zero-order chi connectivity index (χ0) is 23.3. The molecular formula is C26H28N6O2. The molecular weight excluding hydrogens is 428 g/mol. The van der Waals surface area contributed by atoms with Gasteiger partial charge in [0.15, 0.2) is 0 Å². The molecule has 1 aliphatic rings. The lowest BCUT2D eigenvalue weighted by molar-refractivity contribution is 0.191. The lowest BCUT2D eigenvalue weighted by atomic mass is 9.96. The molecule has 0 N–H and O–H groups in total. The minimum absolute atomic E-state index is 0.322. The summed E-state index contributed by atoms with van der Waals surface area (Å²) in [5.41, 5.74) is 2.63. The minimum Gasteiger partial charge on any atom is -0.495 e. The van der Waals surface area contributed by atoms with Crippen LogP contribution in [0.4, 0.5) is 0 Å². The summed E-state index contributed by atoms with van der Waals surface area (Å²) in [7, 11) is 1.68. The third kappa shape index (κ3) is 4.52. The Labute approximate surface area is 198 Å². The molecule has 0 radical (unpaired) electrons. The van der Waals surface area contributed by atoms with Crippen molar-refractivity contribution in [3.8, 4) is 23.2 Å². The van der Waals surface area contributed by atoms with Gasteiger partial charge in [-0.2, -0.15) is 10.2 Å². The number of rotatable bonds is 8. The molecule has 4 heterocycles. The standard InChI is InChI=1S/C26H28N6O2/c1-33-23-6-4-5-22-21(17-27)18-32(24(22)23)14-3-2-13-31-15-9-20(10-16-31)26-29-25(30-34-26)19-7-11-28-12-8-19/h4-8,11-12,18,20H,2-3,9-10,13-16H2,1H3. The van der Waals surface area contributed by atoms with E-state index in [1.54, 1.807) is 19.5 Å². The van der Waals surface area contributed by atoms with Crippen LogP contribution in [0, 0.1) is 11.3 Å². The number of piperidine rings is 1. The van der Waals surface area contributed by atoms with Crippen LogP contribution >= 0.6 is 0 Å². The fraction of sp³-hybridized carbons (Fsp3) is 0.385. The van der Waals surface area contributed by atoms with Crippen molar-refractivity contribution in [3.05, 3.63) is 60.4 Å². The molecule has 5 rings (SSSR count). The number of likely N-dealkylation sites (tertiary alicyclic amines) is 1. The van der Waals surface area contributed by atoms with Gasteiger partial charge >= 0.3 is 0 Å². The summed E-state index contributed by atoms with van der Waals surface area (Å²) in [5, 5.41) is 14.6. The van der Waals surface area contributed by atoms with Gasteiger partial charge in [-0.1, -0.05) is 17.3 Å². The molecule has 0 aliphatic carbocycles. The first-order valence-electron chi connectivity index (χ1n) is 11.8. The highest BCUT2D eigenvalue weighted by molar-refractivity contribution is 5.91. The summed E-state index contributed by atoms with van der Waals surface area (Å²) >= 11 is 0. The van der Waals surface area contributed by atoms with Gasteiger partial charge in [0.05, 0.1) is 18.2 Å². The van der Waals surface area contributed by atoms with E-state index in [4.69, 9.17) is 9.26 Å². The first-order chi connectivity index (χ1) is 16.8. The Morgan fingerprint density at radius 3 is 2.68 bits per heavy atom. The number of aromatic nitrogens is 4. The summed E-state index contributed by atoms with van der Waals surface area (Å²) < 4.78 is 13.3. The third-order valence-corrected chi connectivity index (χ3v) is 6.64. The van der Waals surface area contributed by atoms with Crippen molar-refractivity contribution in [2.24, 2.45) is 0 Å².